The van der Waals surface area contributed by atoms with Crippen molar-refractivity contribution in [3.05, 3.63) is 0 Å². The van der Waals surface area contributed by atoms with Gasteiger partial charge in [-0.25, -0.2) is 0 Å². The molecular formula is C37H77N9O15. The minimum Gasteiger partial charge on any atom is -0.390 e. The Morgan fingerprint density at radius 1 is 0.607 bits per heavy atom. The molecule has 22 N–H and O–H groups in total. The van der Waals surface area contributed by atoms with Crippen LogP contribution in [0.3, 0.4) is 0 Å². The fraction of sp³-hybridized carbons (Fsp3) is 1.00. The molecule has 2 aliphatic carbocycles. The smallest absolute Gasteiger partial charge is 0.176 e. The molecule has 2 saturated heterocycles. The Balaban J connectivity index is 1.30. The molecule has 0 spiro atoms. The van der Waals surface area contributed by atoms with Gasteiger partial charge in [-0.2, -0.15) is 0 Å². The van der Waals surface area contributed by atoms with Gasteiger partial charge < -0.3 is 114 Å². The molecule has 360 valence electrons. The third-order valence-corrected chi connectivity index (χ3v) is 12.2. The van der Waals surface area contributed by atoms with Gasteiger partial charge in [-0.3, -0.25) is 9.80 Å². The number of hydrogen-bond acceptors (Lipinski definition) is 24. The lowest BCUT2D eigenvalue weighted by Gasteiger charge is -2.47. The van der Waals surface area contributed by atoms with Crippen molar-refractivity contribution in [3.63, 3.8) is 0 Å². The second-order valence-electron chi connectivity index (χ2n) is 17.3. The molecule has 4 aliphatic rings. The Kier molecular flexibility index (Phi) is 20.7. The van der Waals surface area contributed by atoms with Crippen molar-refractivity contribution in [2.24, 2.45) is 46.1 Å². The van der Waals surface area contributed by atoms with Crippen molar-refractivity contribution in [1.82, 2.24) is 9.80 Å². The van der Waals surface area contributed by atoms with Gasteiger partial charge in [0.25, 0.3) is 0 Å². The maximum atomic E-state index is 11.2. The molecule has 0 amide bonds. The Bertz CT molecular complexity index is 1280. The van der Waals surface area contributed by atoms with Crippen LogP contribution in [0.4, 0.5) is 0 Å². The maximum absolute atomic E-state index is 11.2. The number of nitrogens with two attached hydrogens (primary N) is 7. The van der Waals surface area contributed by atoms with Crippen LogP contribution in [0.15, 0.2) is 0 Å². The van der Waals surface area contributed by atoms with Crippen LogP contribution in [0, 0.1) is 5.92 Å². The van der Waals surface area contributed by atoms with E-state index in [2.05, 4.69) is 0 Å². The van der Waals surface area contributed by atoms with E-state index in [0.29, 0.717) is 13.0 Å². The average Bonchev–Trinajstić information content (AvgIpc) is 3.21. The van der Waals surface area contributed by atoms with Crippen LogP contribution in [-0.2, 0) is 33.2 Å². The van der Waals surface area contributed by atoms with Gasteiger partial charge in [0.05, 0.1) is 49.7 Å². The van der Waals surface area contributed by atoms with Crippen molar-refractivity contribution in [1.29, 1.82) is 0 Å². The number of likely N-dealkylation sites (N-methyl/N-ethyl adjacent to an activating group) is 2. The molecule has 24 nitrogen and oxygen atoms in total. The van der Waals surface area contributed by atoms with Gasteiger partial charge in [-0.05, 0) is 39.8 Å². The lowest BCUT2D eigenvalue weighted by Crippen LogP contribution is -2.68. The summed E-state index contributed by atoms with van der Waals surface area (Å²) in [6, 6.07) is -4.43. The standard InChI is InChI=1S/C37H77N9O15/c1-5-55-23(46(4)11-17(48)14-56-34-26(49)15(2)6-19(41)32(34)60-36-24(43)30(53)28(51)21(8-38)58-36)12-45(3)10-16(47)13-57-35-27(50)18(40)7-20(42)33(35)61-37-25(44)31(54)29(52)22(9-39)59-37/h15-37,47-54H,5-14,38-44H2,1-4H3. The van der Waals surface area contributed by atoms with Crippen molar-refractivity contribution >= 4 is 0 Å². The summed E-state index contributed by atoms with van der Waals surface area (Å²) in [5, 5.41) is 85.9. The fourth-order valence-electron chi connectivity index (χ4n) is 8.54. The van der Waals surface area contributed by atoms with E-state index in [4.69, 9.17) is 73.3 Å². The van der Waals surface area contributed by atoms with Gasteiger partial charge in [-0.15, -0.1) is 0 Å². The van der Waals surface area contributed by atoms with E-state index in [9.17, 15) is 40.9 Å². The minimum absolute atomic E-state index is 0.0802. The normalized spacial score (nSPS) is 44.0. The van der Waals surface area contributed by atoms with E-state index < -0.39 is 134 Å². The van der Waals surface area contributed by atoms with E-state index in [0.717, 1.165) is 0 Å². The van der Waals surface area contributed by atoms with Crippen LogP contribution in [0.1, 0.15) is 26.7 Å². The number of rotatable bonds is 21. The first-order valence-corrected chi connectivity index (χ1v) is 21.2. The van der Waals surface area contributed by atoms with Crippen molar-refractivity contribution in [3.8, 4) is 0 Å². The molecule has 0 aromatic heterocycles. The number of hydrogen-bond donors (Lipinski definition) is 15. The second-order valence-corrected chi connectivity index (χ2v) is 17.3. The highest BCUT2D eigenvalue weighted by Crippen LogP contribution is 2.32. The zero-order valence-electron chi connectivity index (χ0n) is 35.7. The van der Waals surface area contributed by atoms with Crippen LogP contribution in [0.5, 0.6) is 0 Å². The molecule has 2 heterocycles. The summed E-state index contributed by atoms with van der Waals surface area (Å²) >= 11 is 0. The van der Waals surface area contributed by atoms with E-state index in [1.54, 1.807) is 23.9 Å². The summed E-state index contributed by atoms with van der Waals surface area (Å²) in [5.41, 5.74) is 42.7. The zero-order valence-corrected chi connectivity index (χ0v) is 35.7. The number of ether oxygens (including phenoxy) is 7. The summed E-state index contributed by atoms with van der Waals surface area (Å²) in [4.78, 5) is 3.58. The van der Waals surface area contributed by atoms with Crippen LogP contribution >= 0.6 is 0 Å². The van der Waals surface area contributed by atoms with E-state index in [1.807, 2.05) is 13.8 Å². The molecular weight excluding hydrogens is 810 g/mol. The van der Waals surface area contributed by atoms with Gasteiger partial charge in [0.1, 0.15) is 67.3 Å². The number of aliphatic hydroxyl groups is 8. The predicted molar refractivity (Wildman–Crippen MR) is 217 cm³/mol. The maximum Gasteiger partial charge on any atom is 0.176 e. The Labute approximate surface area is 357 Å². The molecule has 23 atom stereocenters. The van der Waals surface area contributed by atoms with Crippen molar-refractivity contribution < 1.29 is 74.0 Å². The lowest BCUT2D eigenvalue weighted by atomic mass is 9.80. The zero-order chi connectivity index (χ0) is 45.5. The third-order valence-electron chi connectivity index (χ3n) is 12.2. The van der Waals surface area contributed by atoms with Gasteiger partial charge >= 0.3 is 0 Å². The van der Waals surface area contributed by atoms with Crippen LogP contribution in [-0.4, -0.2) is 252 Å². The Morgan fingerprint density at radius 2 is 1.07 bits per heavy atom. The second kappa shape index (κ2) is 24.0. The molecule has 4 fully saturated rings. The van der Waals surface area contributed by atoms with Crippen molar-refractivity contribution in [2.45, 2.75) is 161 Å². The monoisotopic (exact) mass is 888 g/mol. The number of nitrogens with zero attached hydrogens (tertiary/aromatic N) is 2. The van der Waals surface area contributed by atoms with Crippen LogP contribution < -0.4 is 40.1 Å². The molecule has 0 bridgehead atoms. The molecule has 2 aliphatic heterocycles. The number of aliphatic hydroxyl groups excluding tert-OH is 8. The van der Waals surface area contributed by atoms with E-state index in [-0.39, 0.29) is 58.3 Å². The minimum atomic E-state index is -1.40. The first-order chi connectivity index (χ1) is 28.7. The fourth-order valence-corrected chi connectivity index (χ4v) is 8.54. The van der Waals surface area contributed by atoms with Crippen LogP contribution in [0.2, 0.25) is 0 Å². The average molecular weight is 888 g/mol. The summed E-state index contributed by atoms with van der Waals surface area (Å²) in [6.07, 6.45) is -18.3. The summed E-state index contributed by atoms with van der Waals surface area (Å²) < 4.78 is 41.8. The van der Waals surface area contributed by atoms with Gasteiger partial charge in [0.15, 0.2) is 12.6 Å². The van der Waals surface area contributed by atoms with Crippen LogP contribution in [0.25, 0.3) is 0 Å². The molecule has 4 rings (SSSR count). The largest absolute Gasteiger partial charge is 0.390 e. The Hall–Kier alpha value is -0.960. The molecule has 2 saturated carbocycles. The molecule has 0 aromatic rings. The highest BCUT2D eigenvalue weighted by molar-refractivity contribution is 5.01. The molecule has 61 heavy (non-hydrogen) atoms. The molecule has 0 aromatic carbocycles. The van der Waals surface area contributed by atoms with E-state index in [1.165, 1.54) is 0 Å². The lowest BCUT2D eigenvalue weighted by molar-refractivity contribution is -0.293. The van der Waals surface area contributed by atoms with Gasteiger partial charge in [-0.1, -0.05) is 6.92 Å². The first kappa shape index (κ1) is 52.7. The summed E-state index contributed by atoms with van der Waals surface area (Å²) in [6.45, 7) is 3.74. The van der Waals surface area contributed by atoms with E-state index >= 15 is 0 Å². The highest BCUT2D eigenvalue weighted by Gasteiger charge is 2.50. The predicted octanol–water partition coefficient (Wildman–Crippen LogP) is -8.91. The van der Waals surface area contributed by atoms with Gasteiger partial charge in [0.2, 0.25) is 0 Å². The highest BCUT2D eigenvalue weighted by atomic mass is 16.7. The summed E-state index contributed by atoms with van der Waals surface area (Å²) in [5.74, 6) is -0.272. The summed E-state index contributed by atoms with van der Waals surface area (Å²) in [7, 11) is 3.51. The molecule has 23 unspecified atom stereocenters. The topological polar surface area (TPSA) is 415 Å². The Morgan fingerprint density at radius 3 is 1.54 bits per heavy atom. The first-order valence-electron chi connectivity index (χ1n) is 21.2. The quantitative estimate of drug-likeness (QED) is 0.0476. The molecule has 0 radical (unpaired) electrons. The molecule has 24 heteroatoms. The third kappa shape index (κ3) is 13.3. The van der Waals surface area contributed by atoms with Crippen molar-refractivity contribution in [2.75, 3.05) is 66.6 Å². The van der Waals surface area contributed by atoms with Gasteiger partial charge in [0, 0.05) is 57.5 Å². The SMILES string of the molecule is CCOC(CN(C)CC(O)COC1C(O)C(N)CC(N)C1OC1OC(CN)C(O)C(O)C1N)N(C)CC(O)COC1C(O)C(C)CC(N)C1OC1OC(CN)C(O)C(O)C1N.